The Labute approximate surface area is 164 Å². The fraction of sp³-hybridized carbons (Fsp3) is 0.200. The molecule has 2 aromatic rings. The molecule has 1 amide bonds. The third-order valence-corrected chi connectivity index (χ3v) is 5.02. The molecule has 146 valence electrons. The Morgan fingerprint density at radius 2 is 1.89 bits per heavy atom. The summed E-state index contributed by atoms with van der Waals surface area (Å²) >= 11 is 1.14. The lowest BCUT2D eigenvalue weighted by Gasteiger charge is -2.12. The fourth-order valence-electron chi connectivity index (χ4n) is 2.59. The molecular weight excluding hydrogens is 389 g/mol. The molecular formula is C20H17F3N2O2S. The first kappa shape index (κ1) is 20.0. The Kier molecular flexibility index (Phi) is 5.79. The van der Waals surface area contributed by atoms with Crippen LogP contribution >= 0.6 is 11.8 Å². The van der Waals surface area contributed by atoms with Gasteiger partial charge in [-0.15, -0.1) is 0 Å². The Morgan fingerprint density at radius 1 is 1.18 bits per heavy atom. The summed E-state index contributed by atoms with van der Waals surface area (Å²) in [4.78, 5) is 19.0. The van der Waals surface area contributed by atoms with E-state index in [4.69, 9.17) is 4.74 Å². The molecule has 0 spiro atoms. The number of rotatable bonds is 4. The highest BCUT2D eigenvalue weighted by Crippen LogP contribution is 2.35. The predicted molar refractivity (Wildman–Crippen MR) is 104 cm³/mol. The summed E-state index contributed by atoms with van der Waals surface area (Å²) in [5.41, 5.74) is 0.207. The van der Waals surface area contributed by atoms with E-state index in [9.17, 15) is 18.0 Å². The molecule has 0 aliphatic carbocycles. The van der Waals surface area contributed by atoms with Gasteiger partial charge in [0, 0.05) is 6.54 Å². The van der Waals surface area contributed by atoms with Crippen molar-refractivity contribution in [3.05, 3.63) is 64.6 Å². The zero-order chi connectivity index (χ0) is 20.3. The molecule has 0 unspecified atom stereocenters. The lowest BCUT2D eigenvalue weighted by Crippen LogP contribution is -2.28. The first-order valence-electron chi connectivity index (χ1n) is 8.43. The SMILES string of the molecule is CCN1C(=O)/C(=C\c2cccc(C(F)(F)F)c2)SC1=Nc1ccc(OC)cc1. The number of aliphatic imine (C=N–C) groups is 1. The molecule has 0 saturated carbocycles. The van der Waals surface area contributed by atoms with Crippen LogP contribution in [0.2, 0.25) is 0 Å². The van der Waals surface area contributed by atoms with E-state index in [2.05, 4.69) is 4.99 Å². The van der Waals surface area contributed by atoms with Gasteiger partial charge >= 0.3 is 6.18 Å². The maximum absolute atomic E-state index is 12.9. The minimum Gasteiger partial charge on any atom is -0.497 e. The van der Waals surface area contributed by atoms with Gasteiger partial charge in [0.15, 0.2) is 5.17 Å². The number of methoxy groups -OCH3 is 1. The Morgan fingerprint density at radius 3 is 2.50 bits per heavy atom. The number of hydrogen-bond donors (Lipinski definition) is 0. The van der Waals surface area contributed by atoms with Gasteiger partial charge in [0.25, 0.3) is 5.91 Å². The molecule has 2 aromatic carbocycles. The zero-order valence-corrected chi connectivity index (χ0v) is 16.0. The van der Waals surface area contributed by atoms with E-state index in [1.807, 2.05) is 6.92 Å². The highest BCUT2D eigenvalue weighted by molar-refractivity contribution is 8.18. The van der Waals surface area contributed by atoms with E-state index in [1.54, 1.807) is 31.4 Å². The van der Waals surface area contributed by atoms with Crippen molar-refractivity contribution in [1.82, 2.24) is 4.90 Å². The van der Waals surface area contributed by atoms with E-state index >= 15 is 0 Å². The van der Waals surface area contributed by atoms with Crippen LogP contribution in [-0.4, -0.2) is 29.6 Å². The van der Waals surface area contributed by atoms with Gasteiger partial charge in [-0.2, -0.15) is 13.2 Å². The average Bonchev–Trinajstić information content (AvgIpc) is 2.96. The summed E-state index contributed by atoms with van der Waals surface area (Å²) in [5.74, 6) is 0.411. The van der Waals surface area contributed by atoms with Crippen LogP contribution in [0.4, 0.5) is 18.9 Å². The van der Waals surface area contributed by atoms with Crippen LogP contribution in [0.5, 0.6) is 5.75 Å². The van der Waals surface area contributed by atoms with Crippen LogP contribution in [-0.2, 0) is 11.0 Å². The van der Waals surface area contributed by atoms with Crippen molar-refractivity contribution < 1.29 is 22.7 Å². The number of thioether (sulfide) groups is 1. The van der Waals surface area contributed by atoms with Gasteiger partial charge in [-0.1, -0.05) is 12.1 Å². The summed E-state index contributed by atoms with van der Waals surface area (Å²) < 4.78 is 43.8. The van der Waals surface area contributed by atoms with Gasteiger partial charge < -0.3 is 4.74 Å². The van der Waals surface area contributed by atoms with E-state index < -0.39 is 11.7 Å². The Balaban J connectivity index is 1.90. The normalized spacial score (nSPS) is 17.6. The molecule has 0 atom stereocenters. The molecule has 4 nitrogen and oxygen atoms in total. The second kappa shape index (κ2) is 8.10. The molecule has 1 aliphatic heterocycles. The summed E-state index contributed by atoms with van der Waals surface area (Å²) in [5, 5.41) is 0.482. The lowest BCUT2D eigenvalue weighted by molar-refractivity contribution is -0.137. The van der Waals surface area contributed by atoms with Crippen LogP contribution in [0.25, 0.3) is 6.08 Å². The van der Waals surface area contributed by atoms with Gasteiger partial charge in [0.1, 0.15) is 5.75 Å². The van der Waals surface area contributed by atoms with Crippen molar-refractivity contribution >= 4 is 34.6 Å². The maximum Gasteiger partial charge on any atom is 0.416 e. The number of ether oxygens (including phenoxy) is 1. The summed E-state index contributed by atoms with van der Waals surface area (Å²) in [6.45, 7) is 2.22. The van der Waals surface area contributed by atoms with E-state index in [0.717, 1.165) is 23.9 Å². The fourth-order valence-corrected chi connectivity index (χ4v) is 3.66. The number of amides is 1. The number of carbonyl (C=O) groups excluding carboxylic acids is 1. The molecule has 0 bridgehead atoms. The van der Waals surface area contributed by atoms with Crippen molar-refractivity contribution in [1.29, 1.82) is 0 Å². The van der Waals surface area contributed by atoms with Crippen molar-refractivity contribution in [3.63, 3.8) is 0 Å². The number of carbonyl (C=O) groups is 1. The molecule has 0 radical (unpaired) electrons. The summed E-state index contributed by atoms with van der Waals surface area (Å²) in [6, 6.07) is 11.9. The second-order valence-corrected chi connectivity index (χ2v) is 6.88. The van der Waals surface area contributed by atoms with Gasteiger partial charge in [0.2, 0.25) is 0 Å². The summed E-state index contributed by atoms with van der Waals surface area (Å²) in [7, 11) is 1.57. The van der Waals surface area contributed by atoms with Crippen molar-refractivity contribution in [2.24, 2.45) is 4.99 Å². The highest BCUT2D eigenvalue weighted by atomic mass is 32.2. The van der Waals surface area contributed by atoms with Gasteiger partial charge in [-0.3, -0.25) is 9.69 Å². The molecule has 1 heterocycles. The quantitative estimate of drug-likeness (QED) is 0.644. The van der Waals surface area contributed by atoms with Crippen LogP contribution in [0.1, 0.15) is 18.1 Å². The van der Waals surface area contributed by atoms with E-state index in [-0.39, 0.29) is 5.91 Å². The Hall–Kier alpha value is -2.74. The minimum absolute atomic E-state index is 0.280. The maximum atomic E-state index is 12.9. The highest BCUT2D eigenvalue weighted by Gasteiger charge is 2.33. The second-order valence-electron chi connectivity index (χ2n) is 5.88. The average molecular weight is 406 g/mol. The van der Waals surface area contributed by atoms with Crippen LogP contribution in [0.15, 0.2) is 58.4 Å². The van der Waals surface area contributed by atoms with Crippen molar-refractivity contribution in [3.8, 4) is 5.75 Å². The number of alkyl halides is 3. The van der Waals surface area contributed by atoms with Crippen LogP contribution in [0, 0.1) is 0 Å². The standard InChI is InChI=1S/C20H17F3N2O2S/c1-3-25-18(26)17(12-13-5-4-6-14(11-13)20(21,22)23)28-19(25)24-15-7-9-16(27-2)10-8-15/h4-12H,3H2,1-2H3/b17-12+,24-19?. The Bertz CT molecular complexity index is 937. The number of likely N-dealkylation sites (N-methyl/N-ethyl adjacent to an activating group) is 1. The summed E-state index contributed by atoms with van der Waals surface area (Å²) in [6.07, 6.45) is -2.97. The first-order chi connectivity index (χ1) is 13.3. The van der Waals surface area contributed by atoms with E-state index in [1.165, 1.54) is 23.1 Å². The molecule has 28 heavy (non-hydrogen) atoms. The monoisotopic (exact) mass is 406 g/mol. The lowest BCUT2D eigenvalue weighted by atomic mass is 10.1. The van der Waals surface area contributed by atoms with Crippen molar-refractivity contribution in [2.45, 2.75) is 13.1 Å². The molecule has 1 saturated heterocycles. The smallest absolute Gasteiger partial charge is 0.416 e. The predicted octanol–water partition coefficient (Wildman–Crippen LogP) is 5.34. The number of amidine groups is 1. The number of hydrogen-bond acceptors (Lipinski definition) is 4. The first-order valence-corrected chi connectivity index (χ1v) is 9.25. The molecule has 3 rings (SSSR count). The largest absolute Gasteiger partial charge is 0.497 e. The van der Waals surface area contributed by atoms with Crippen LogP contribution in [0.3, 0.4) is 0 Å². The van der Waals surface area contributed by atoms with Crippen molar-refractivity contribution in [2.75, 3.05) is 13.7 Å². The number of nitrogens with zero attached hydrogens (tertiary/aromatic N) is 2. The van der Waals surface area contributed by atoms with Crippen LogP contribution < -0.4 is 4.74 Å². The molecule has 1 aliphatic rings. The molecule has 1 fully saturated rings. The van der Waals surface area contributed by atoms with Gasteiger partial charge in [-0.05, 0) is 66.7 Å². The van der Waals surface area contributed by atoms with Gasteiger partial charge in [0.05, 0.1) is 23.3 Å². The number of benzene rings is 2. The third-order valence-electron chi connectivity index (χ3n) is 4.01. The van der Waals surface area contributed by atoms with E-state index in [0.29, 0.717) is 33.6 Å². The topological polar surface area (TPSA) is 41.9 Å². The molecule has 0 aromatic heterocycles. The van der Waals surface area contributed by atoms with Gasteiger partial charge in [-0.25, -0.2) is 4.99 Å². The minimum atomic E-state index is -4.43. The number of halogens is 3. The molecule has 8 heteroatoms. The zero-order valence-electron chi connectivity index (χ0n) is 15.2. The third kappa shape index (κ3) is 4.39. The molecule has 0 N–H and O–H groups in total.